The molecule has 3 aromatic rings. The van der Waals surface area contributed by atoms with E-state index in [0.29, 0.717) is 5.56 Å². The van der Waals surface area contributed by atoms with E-state index in [-0.39, 0.29) is 11.9 Å². The molecule has 3 rings (SSSR count). The standard InChI is InChI=1S/C13H10FNS2/c14-9-4-2-1-3-8(9)13(15)12-7-11-10(17-12)5-6-16-11/h1-7,13H,15H2. The Labute approximate surface area is 106 Å². The molecule has 0 spiro atoms. The first-order chi connectivity index (χ1) is 8.25. The molecule has 2 N–H and O–H groups in total. The number of hydrogen-bond donors (Lipinski definition) is 1. The highest BCUT2D eigenvalue weighted by atomic mass is 32.1. The molecule has 1 atom stereocenters. The van der Waals surface area contributed by atoms with Gasteiger partial charge in [0.1, 0.15) is 5.82 Å². The molecule has 0 bridgehead atoms. The zero-order valence-electron chi connectivity index (χ0n) is 8.89. The van der Waals surface area contributed by atoms with Crippen LogP contribution in [0.4, 0.5) is 4.39 Å². The van der Waals surface area contributed by atoms with Crippen LogP contribution in [0.3, 0.4) is 0 Å². The lowest BCUT2D eigenvalue weighted by Crippen LogP contribution is -2.11. The molecule has 1 unspecified atom stereocenters. The van der Waals surface area contributed by atoms with Crippen LogP contribution < -0.4 is 5.73 Å². The lowest BCUT2D eigenvalue weighted by molar-refractivity contribution is 0.601. The van der Waals surface area contributed by atoms with E-state index >= 15 is 0 Å². The van der Waals surface area contributed by atoms with E-state index in [1.165, 1.54) is 15.5 Å². The van der Waals surface area contributed by atoms with Gasteiger partial charge in [0.15, 0.2) is 0 Å². The van der Waals surface area contributed by atoms with Crippen LogP contribution in [0.5, 0.6) is 0 Å². The van der Waals surface area contributed by atoms with Crippen LogP contribution in [0.1, 0.15) is 16.5 Å². The molecule has 0 aliphatic heterocycles. The fourth-order valence-electron chi connectivity index (χ4n) is 1.82. The average molecular weight is 263 g/mol. The van der Waals surface area contributed by atoms with Crippen LogP contribution in [-0.2, 0) is 0 Å². The Morgan fingerprint density at radius 1 is 1.12 bits per heavy atom. The second-order valence-electron chi connectivity index (χ2n) is 3.80. The van der Waals surface area contributed by atoms with Gasteiger partial charge in [0.2, 0.25) is 0 Å². The van der Waals surface area contributed by atoms with E-state index < -0.39 is 0 Å². The first-order valence-corrected chi connectivity index (χ1v) is 6.92. The SMILES string of the molecule is NC(c1cc2sccc2s1)c1ccccc1F. The van der Waals surface area contributed by atoms with Crippen molar-refractivity contribution in [3.05, 3.63) is 58.0 Å². The van der Waals surface area contributed by atoms with Crippen LogP contribution >= 0.6 is 22.7 Å². The molecular weight excluding hydrogens is 253 g/mol. The van der Waals surface area contributed by atoms with Gasteiger partial charge in [-0.15, -0.1) is 22.7 Å². The summed E-state index contributed by atoms with van der Waals surface area (Å²) in [6.07, 6.45) is 0. The van der Waals surface area contributed by atoms with Crippen LogP contribution in [0.2, 0.25) is 0 Å². The molecular formula is C13H10FNS2. The number of benzene rings is 1. The maximum Gasteiger partial charge on any atom is 0.128 e. The quantitative estimate of drug-likeness (QED) is 0.738. The van der Waals surface area contributed by atoms with E-state index in [9.17, 15) is 4.39 Å². The van der Waals surface area contributed by atoms with Crippen LogP contribution in [-0.4, -0.2) is 0 Å². The largest absolute Gasteiger partial charge is 0.320 e. The third kappa shape index (κ3) is 1.88. The highest BCUT2D eigenvalue weighted by Gasteiger charge is 2.15. The van der Waals surface area contributed by atoms with E-state index in [0.717, 1.165) is 4.88 Å². The molecule has 0 fully saturated rings. The van der Waals surface area contributed by atoms with Crippen molar-refractivity contribution < 1.29 is 4.39 Å². The van der Waals surface area contributed by atoms with Crippen LogP contribution in [0.25, 0.3) is 9.40 Å². The lowest BCUT2D eigenvalue weighted by atomic mass is 10.1. The van der Waals surface area contributed by atoms with E-state index in [1.54, 1.807) is 34.8 Å². The summed E-state index contributed by atoms with van der Waals surface area (Å²) < 4.78 is 16.1. The van der Waals surface area contributed by atoms with Gasteiger partial charge in [-0.2, -0.15) is 0 Å². The van der Waals surface area contributed by atoms with Gasteiger partial charge in [0.25, 0.3) is 0 Å². The van der Waals surface area contributed by atoms with Crippen LogP contribution in [0, 0.1) is 5.82 Å². The Morgan fingerprint density at radius 2 is 1.94 bits per heavy atom. The Kier molecular flexibility index (Phi) is 2.70. The second-order valence-corrected chi connectivity index (χ2v) is 5.86. The van der Waals surface area contributed by atoms with Crippen molar-refractivity contribution in [2.45, 2.75) is 6.04 Å². The molecule has 4 heteroatoms. The Bertz CT molecular complexity index is 628. The number of nitrogens with two attached hydrogens (primary N) is 1. The molecule has 0 saturated carbocycles. The highest BCUT2D eigenvalue weighted by molar-refractivity contribution is 7.26. The van der Waals surface area contributed by atoms with Crippen LogP contribution in [0.15, 0.2) is 41.8 Å². The molecule has 1 aromatic carbocycles. The van der Waals surface area contributed by atoms with Crippen molar-refractivity contribution in [1.29, 1.82) is 0 Å². The topological polar surface area (TPSA) is 26.0 Å². The summed E-state index contributed by atoms with van der Waals surface area (Å²) >= 11 is 3.32. The molecule has 2 heterocycles. The van der Waals surface area contributed by atoms with Gasteiger partial charge in [-0.3, -0.25) is 0 Å². The third-order valence-electron chi connectivity index (χ3n) is 2.71. The molecule has 0 amide bonds. The van der Waals surface area contributed by atoms with E-state index in [4.69, 9.17) is 5.73 Å². The maximum absolute atomic E-state index is 13.6. The summed E-state index contributed by atoms with van der Waals surface area (Å²) in [5.41, 5.74) is 6.67. The minimum Gasteiger partial charge on any atom is -0.320 e. The zero-order valence-corrected chi connectivity index (χ0v) is 10.5. The molecule has 0 aliphatic rings. The number of rotatable bonds is 2. The molecule has 0 saturated heterocycles. The molecule has 1 nitrogen and oxygen atoms in total. The number of halogens is 1. The van der Waals surface area contributed by atoms with Crippen molar-refractivity contribution in [3.63, 3.8) is 0 Å². The molecule has 0 radical (unpaired) electrons. The first-order valence-electron chi connectivity index (χ1n) is 5.22. The molecule has 0 aliphatic carbocycles. The molecule has 17 heavy (non-hydrogen) atoms. The van der Waals surface area contributed by atoms with Crippen molar-refractivity contribution in [1.82, 2.24) is 0 Å². The van der Waals surface area contributed by atoms with Gasteiger partial charge in [-0.1, -0.05) is 18.2 Å². The predicted octanol–water partition coefficient (Wildman–Crippen LogP) is 4.15. The summed E-state index contributed by atoms with van der Waals surface area (Å²) in [4.78, 5) is 1.01. The molecule has 86 valence electrons. The summed E-state index contributed by atoms with van der Waals surface area (Å²) in [6.45, 7) is 0. The predicted molar refractivity (Wildman–Crippen MR) is 72.1 cm³/mol. The number of fused-ring (bicyclic) bond motifs is 1. The van der Waals surface area contributed by atoms with Gasteiger partial charge >= 0.3 is 0 Å². The highest BCUT2D eigenvalue weighted by Crippen LogP contribution is 2.35. The Balaban J connectivity index is 2.04. The van der Waals surface area contributed by atoms with E-state index in [2.05, 4.69) is 17.5 Å². The van der Waals surface area contributed by atoms with E-state index in [1.807, 2.05) is 6.07 Å². The fourth-order valence-corrected chi connectivity index (χ4v) is 3.96. The zero-order chi connectivity index (χ0) is 11.8. The van der Waals surface area contributed by atoms with Crippen molar-refractivity contribution in [2.24, 2.45) is 5.73 Å². The van der Waals surface area contributed by atoms with Crippen molar-refractivity contribution in [2.75, 3.05) is 0 Å². The van der Waals surface area contributed by atoms with Gasteiger partial charge < -0.3 is 5.73 Å². The maximum atomic E-state index is 13.6. The van der Waals surface area contributed by atoms with Gasteiger partial charge in [-0.05, 0) is 23.6 Å². The molecule has 2 aromatic heterocycles. The Morgan fingerprint density at radius 3 is 2.71 bits per heavy atom. The summed E-state index contributed by atoms with van der Waals surface area (Å²) in [6, 6.07) is 10.4. The average Bonchev–Trinajstić information content (AvgIpc) is 2.88. The van der Waals surface area contributed by atoms with Crippen molar-refractivity contribution in [3.8, 4) is 0 Å². The second kappa shape index (κ2) is 4.22. The fraction of sp³-hybridized carbons (Fsp3) is 0.0769. The first kappa shape index (κ1) is 10.9. The lowest BCUT2D eigenvalue weighted by Gasteiger charge is -2.10. The monoisotopic (exact) mass is 263 g/mol. The normalized spacial score (nSPS) is 13.1. The van der Waals surface area contributed by atoms with Gasteiger partial charge in [0, 0.05) is 19.8 Å². The van der Waals surface area contributed by atoms with Gasteiger partial charge in [-0.25, -0.2) is 4.39 Å². The third-order valence-corrected chi connectivity index (χ3v) is 4.88. The minimum absolute atomic E-state index is 0.239. The number of hydrogen-bond acceptors (Lipinski definition) is 3. The van der Waals surface area contributed by atoms with Crippen molar-refractivity contribution >= 4 is 32.1 Å². The summed E-state index contributed by atoms with van der Waals surface area (Å²) in [7, 11) is 0. The Hall–Kier alpha value is -1.23. The number of thiophene rings is 2. The van der Waals surface area contributed by atoms with Gasteiger partial charge in [0.05, 0.1) is 6.04 Å². The minimum atomic E-state index is -0.374. The summed E-state index contributed by atoms with van der Waals surface area (Å²) in [5, 5.41) is 2.06. The smallest absolute Gasteiger partial charge is 0.128 e. The summed E-state index contributed by atoms with van der Waals surface area (Å²) in [5.74, 6) is -0.239.